The summed E-state index contributed by atoms with van der Waals surface area (Å²) in [5.74, 6) is -0.211. The molecular weight excluding hydrogens is 519 g/mol. The van der Waals surface area contributed by atoms with Crippen LogP contribution in [0.2, 0.25) is 10.0 Å². The Morgan fingerprint density at radius 2 is 1.86 bits per heavy atom. The van der Waals surface area contributed by atoms with Crippen LogP contribution in [0.15, 0.2) is 77.2 Å². The van der Waals surface area contributed by atoms with Crippen LogP contribution in [-0.2, 0) is 4.79 Å². The summed E-state index contributed by atoms with van der Waals surface area (Å²) in [5, 5.41) is 10.4. The number of carbonyl (C=O) groups is 2. The van der Waals surface area contributed by atoms with Crippen LogP contribution in [0.3, 0.4) is 0 Å². The maximum atomic E-state index is 12.4. The fourth-order valence-electron chi connectivity index (χ4n) is 3.12. The molecule has 0 fully saturated rings. The van der Waals surface area contributed by atoms with Crippen LogP contribution in [0.4, 0.5) is 5.69 Å². The predicted molar refractivity (Wildman–Crippen MR) is 144 cm³/mol. The summed E-state index contributed by atoms with van der Waals surface area (Å²) in [6.45, 7) is 1.75. The summed E-state index contributed by atoms with van der Waals surface area (Å²) >= 11 is 13.4. The molecule has 0 saturated carbocycles. The first-order valence-corrected chi connectivity index (χ1v) is 12.3. The number of halogens is 2. The van der Waals surface area contributed by atoms with E-state index in [9.17, 15) is 9.59 Å². The molecule has 0 aliphatic carbocycles. The fraction of sp³-hybridized carbons (Fsp3) is 0.0769. The van der Waals surface area contributed by atoms with E-state index in [0.717, 1.165) is 16.3 Å². The lowest BCUT2D eigenvalue weighted by Gasteiger charge is -2.08. The van der Waals surface area contributed by atoms with Crippen molar-refractivity contribution in [2.24, 2.45) is 5.10 Å². The highest BCUT2D eigenvalue weighted by atomic mass is 35.5. The Morgan fingerprint density at radius 1 is 1.06 bits per heavy atom. The maximum absolute atomic E-state index is 12.4. The Morgan fingerprint density at radius 3 is 2.58 bits per heavy atom. The van der Waals surface area contributed by atoms with E-state index in [1.807, 2.05) is 24.4 Å². The summed E-state index contributed by atoms with van der Waals surface area (Å²) in [4.78, 5) is 29.0. The second kappa shape index (κ2) is 11.8. The molecule has 10 heteroatoms. The quantitative estimate of drug-likeness (QED) is 0.206. The van der Waals surface area contributed by atoms with Gasteiger partial charge in [-0.1, -0.05) is 47.5 Å². The number of carbonyl (C=O) groups excluding carboxylic acids is 2. The summed E-state index contributed by atoms with van der Waals surface area (Å²) in [6, 6.07) is 18.9. The van der Waals surface area contributed by atoms with Gasteiger partial charge in [0.1, 0.15) is 5.75 Å². The Labute approximate surface area is 221 Å². The van der Waals surface area contributed by atoms with E-state index in [0.29, 0.717) is 32.6 Å². The van der Waals surface area contributed by atoms with E-state index in [1.165, 1.54) is 6.21 Å². The van der Waals surface area contributed by atoms with E-state index in [2.05, 4.69) is 20.8 Å². The molecule has 1 heterocycles. The molecular formula is C26H20Cl2N4O3S. The van der Waals surface area contributed by atoms with Crippen molar-refractivity contribution in [3.05, 3.63) is 98.3 Å². The number of ether oxygens (including phenoxy) is 1. The lowest BCUT2D eigenvalue weighted by Crippen LogP contribution is -2.20. The highest BCUT2D eigenvalue weighted by Crippen LogP contribution is 2.25. The number of thiazole rings is 1. The van der Waals surface area contributed by atoms with Gasteiger partial charge in [-0.3, -0.25) is 9.59 Å². The van der Waals surface area contributed by atoms with Crippen LogP contribution in [-0.4, -0.2) is 29.6 Å². The smallest absolute Gasteiger partial charge is 0.271 e. The van der Waals surface area contributed by atoms with Crippen molar-refractivity contribution < 1.29 is 14.3 Å². The van der Waals surface area contributed by atoms with Crippen molar-refractivity contribution in [3.8, 4) is 17.0 Å². The minimum absolute atomic E-state index is 0.200. The average Bonchev–Trinajstić information content (AvgIpc) is 3.31. The Balaban J connectivity index is 1.28. The molecule has 0 spiro atoms. The number of hydrazone groups is 1. The number of benzene rings is 3. The molecule has 0 aliphatic rings. The predicted octanol–water partition coefficient (Wildman–Crippen LogP) is 6.21. The lowest BCUT2D eigenvalue weighted by atomic mass is 10.1. The molecule has 4 rings (SSSR count). The molecule has 0 saturated heterocycles. The van der Waals surface area contributed by atoms with Gasteiger partial charge < -0.3 is 10.1 Å². The van der Waals surface area contributed by atoms with E-state index < -0.39 is 0 Å². The number of nitrogens with one attached hydrogen (secondary N) is 2. The summed E-state index contributed by atoms with van der Waals surface area (Å²) < 4.78 is 5.56. The van der Waals surface area contributed by atoms with Gasteiger partial charge in [0, 0.05) is 22.2 Å². The third kappa shape index (κ3) is 6.91. The monoisotopic (exact) mass is 538 g/mol. The van der Waals surface area contributed by atoms with Gasteiger partial charge in [0.2, 0.25) is 0 Å². The standard InChI is InChI=1S/C26H20Cl2N4O3S/c1-16-30-24(15-36-16)18-5-7-19(8-6-18)26(34)32-29-13-17-3-2-4-21(11-17)35-14-25(33)31-20-9-10-22(27)23(28)12-20/h2-13,15H,14H2,1H3,(H,31,33)(H,32,34)/b29-13+. The number of aromatic nitrogens is 1. The van der Waals surface area contributed by atoms with Gasteiger partial charge in [0.05, 0.1) is 27.0 Å². The number of hydrogen-bond donors (Lipinski definition) is 2. The van der Waals surface area contributed by atoms with Crippen molar-refractivity contribution in [1.82, 2.24) is 10.4 Å². The topological polar surface area (TPSA) is 92.7 Å². The average molecular weight is 539 g/mol. The van der Waals surface area contributed by atoms with Crippen molar-refractivity contribution in [3.63, 3.8) is 0 Å². The number of rotatable bonds is 8. The third-order valence-electron chi connectivity index (χ3n) is 4.87. The zero-order valence-corrected chi connectivity index (χ0v) is 21.3. The third-order valence-corrected chi connectivity index (χ3v) is 6.39. The van der Waals surface area contributed by atoms with E-state index in [4.69, 9.17) is 27.9 Å². The zero-order valence-electron chi connectivity index (χ0n) is 19.0. The first-order chi connectivity index (χ1) is 17.4. The summed E-state index contributed by atoms with van der Waals surface area (Å²) in [5.41, 5.74) is 6.02. The Hall–Kier alpha value is -3.72. The second-order valence-electron chi connectivity index (χ2n) is 7.57. The van der Waals surface area contributed by atoms with Crippen LogP contribution in [0.5, 0.6) is 5.75 Å². The molecule has 0 radical (unpaired) electrons. The molecule has 4 aromatic rings. The van der Waals surface area contributed by atoms with Gasteiger partial charge >= 0.3 is 0 Å². The molecule has 0 atom stereocenters. The molecule has 0 bridgehead atoms. The molecule has 36 heavy (non-hydrogen) atoms. The maximum Gasteiger partial charge on any atom is 0.271 e. The molecule has 0 unspecified atom stereocenters. The Kier molecular flexibility index (Phi) is 8.32. The van der Waals surface area contributed by atoms with Crippen molar-refractivity contribution in [2.45, 2.75) is 6.92 Å². The normalized spacial score (nSPS) is 10.9. The second-order valence-corrected chi connectivity index (χ2v) is 9.44. The van der Waals surface area contributed by atoms with Crippen molar-refractivity contribution >= 4 is 58.3 Å². The number of nitrogens with zero attached hydrogens (tertiary/aromatic N) is 2. The fourth-order valence-corrected chi connectivity index (χ4v) is 4.04. The van der Waals surface area contributed by atoms with Crippen LogP contribution in [0.1, 0.15) is 20.9 Å². The van der Waals surface area contributed by atoms with Crippen LogP contribution < -0.4 is 15.5 Å². The molecule has 0 aliphatic heterocycles. The van der Waals surface area contributed by atoms with E-state index >= 15 is 0 Å². The van der Waals surface area contributed by atoms with Gasteiger partial charge in [-0.2, -0.15) is 5.10 Å². The Bertz CT molecular complexity index is 1420. The first kappa shape index (κ1) is 25.4. The van der Waals surface area contributed by atoms with Gasteiger partial charge in [0.15, 0.2) is 6.61 Å². The number of amides is 2. The van der Waals surface area contributed by atoms with Gasteiger partial charge in [0.25, 0.3) is 11.8 Å². The number of hydrogen-bond acceptors (Lipinski definition) is 6. The molecule has 2 amide bonds. The largest absolute Gasteiger partial charge is 0.484 e. The van der Waals surface area contributed by atoms with E-state index in [1.54, 1.807) is 65.9 Å². The van der Waals surface area contributed by atoms with Gasteiger partial charge in [-0.05, 0) is 55.0 Å². The molecule has 2 N–H and O–H groups in total. The lowest BCUT2D eigenvalue weighted by molar-refractivity contribution is -0.118. The van der Waals surface area contributed by atoms with Crippen molar-refractivity contribution in [2.75, 3.05) is 11.9 Å². The molecule has 1 aromatic heterocycles. The van der Waals surface area contributed by atoms with E-state index in [-0.39, 0.29) is 18.4 Å². The van der Waals surface area contributed by atoms with Crippen LogP contribution in [0, 0.1) is 6.92 Å². The first-order valence-electron chi connectivity index (χ1n) is 10.7. The van der Waals surface area contributed by atoms with Crippen LogP contribution >= 0.6 is 34.5 Å². The van der Waals surface area contributed by atoms with Gasteiger partial charge in [-0.25, -0.2) is 10.4 Å². The summed E-state index contributed by atoms with van der Waals surface area (Å²) in [6.07, 6.45) is 1.49. The minimum atomic E-state index is -0.351. The van der Waals surface area contributed by atoms with Gasteiger partial charge in [-0.15, -0.1) is 11.3 Å². The highest BCUT2D eigenvalue weighted by Gasteiger charge is 2.08. The van der Waals surface area contributed by atoms with Crippen LogP contribution in [0.25, 0.3) is 11.3 Å². The molecule has 7 nitrogen and oxygen atoms in total. The number of anilines is 1. The summed E-state index contributed by atoms with van der Waals surface area (Å²) in [7, 11) is 0. The molecule has 182 valence electrons. The zero-order chi connectivity index (χ0) is 25.5. The molecule has 3 aromatic carbocycles. The minimum Gasteiger partial charge on any atom is -0.484 e. The van der Waals surface area contributed by atoms with Crippen molar-refractivity contribution in [1.29, 1.82) is 0 Å². The SMILES string of the molecule is Cc1nc(-c2ccc(C(=O)N/N=C/c3cccc(OCC(=O)Nc4ccc(Cl)c(Cl)c4)c3)cc2)cs1. The number of aryl methyl sites for hydroxylation is 1. The highest BCUT2D eigenvalue weighted by molar-refractivity contribution is 7.09.